The van der Waals surface area contributed by atoms with E-state index in [0.29, 0.717) is 19.0 Å². The normalized spacial score (nSPS) is 12.3. The Balaban J connectivity index is 0.00000195. The van der Waals surface area contributed by atoms with Crippen LogP contribution >= 0.6 is 11.3 Å². The third kappa shape index (κ3) is 7.65. The van der Waals surface area contributed by atoms with Crippen LogP contribution in [-0.2, 0) is 33.5 Å². The summed E-state index contributed by atoms with van der Waals surface area (Å²) in [6, 6.07) is 15.5. The van der Waals surface area contributed by atoms with Crippen molar-refractivity contribution in [3.63, 3.8) is 0 Å². The number of nitrogens with zero attached hydrogens (tertiary/aromatic N) is 1. The second-order valence-corrected chi connectivity index (χ2v) is 12.1. The van der Waals surface area contributed by atoms with E-state index in [0.717, 1.165) is 38.1 Å². The minimum Gasteiger partial charge on any atom is -0.489 e. The zero-order valence-corrected chi connectivity index (χ0v) is 24.4. The third-order valence-electron chi connectivity index (χ3n) is 5.35. The minimum absolute atomic E-state index is 0.162. The van der Waals surface area contributed by atoms with Gasteiger partial charge in [0.2, 0.25) is 0 Å². The van der Waals surface area contributed by atoms with Gasteiger partial charge in [0.25, 0.3) is 0 Å². The van der Waals surface area contributed by atoms with E-state index in [1.807, 2.05) is 82.5 Å². The molecular formula is C30H35NO5S2. The molecule has 202 valence electrons. The van der Waals surface area contributed by atoms with Gasteiger partial charge < -0.3 is 13.9 Å². The smallest absolute Gasteiger partial charge is 0.310 e. The number of hydrogen-bond donors (Lipinski definition) is 0. The van der Waals surface area contributed by atoms with E-state index in [2.05, 4.69) is 10.5 Å². The Kier molecular flexibility index (Phi) is 10.4. The number of esters is 1. The van der Waals surface area contributed by atoms with Gasteiger partial charge >= 0.3 is 5.97 Å². The van der Waals surface area contributed by atoms with Crippen molar-refractivity contribution in [2.45, 2.75) is 59.3 Å². The van der Waals surface area contributed by atoms with Gasteiger partial charge in [0, 0.05) is 21.4 Å². The van der Waals surface area contributed by atoms with Crippen molar-refractivity contribution in [1.29, 1.82) is 0 Å². The zero-order chi connectivity index (χ0) is 27.7. The molecule has 0 aliphatic rings. The molecule has 0 aliphatic carbocycles. The van der Waals surface area contributed by atoms with Gasteiger partial charge in [0.1, 0.15) is 28.9 Å². The number of fused-ring (bicyclic) bond motifs is 1. The fourth-order valence-electron chi connectivity index (χ4n) is 3.58. The molecule has 2 aromatic heterocycles. The number of hydrogen-bond acceptors (Lipinski definition) is 6. The standard InChI is InChI=1S/C28H29NO5S2.C2H6/c1-5-32-26(30)15-20-8-6-7-9-25(20)34-17-19-12-21-10-11-33-27(21)24(13-19)22-14-23(35-18-22)16-29-36(31)28(2,3)4;1-2/h6-14,16,18H,5,15,17H2,1-4H3;1-2H3/b29-16+;. The number of ether oxygens (including phenoxy) is 2. The Bertz CT molecular complexity index is 1410. The van der Waals surface area contributed by atoms with Gasteiger partial charge in [0.15, 0.2) is 0 Å². The summed E-state index contributed by atoms with van der Waals surface area (Å²) in [6.45, 7) is 12.2. The van der Waals surface area contributed by atoms with E-state index in [4.69, 9.17) is 13.9 Å². The highest BCUT2D eigenvalue weighted by Gasteiger charge is 2.18. The highest BCUT2D eigenvalue weighted by atomic mass is 32.2. The van der Waals surface area contributed by atoms with E-state index >= 15 is 0 Å². The van der Waals surface area contributed by atoms with Crippen LogP contribution in [0, 0.1) is 0 Å². The first-order chi connectivity index (χ1) is 18.2. The molecule has 0 amide bonds. The number of carbonyl (C=O) groups excluding carboxylic acids is 1. The Morgan fingerprint density at radius 2 is 1.89 bits per heavy atom. The lowest BCUT2D eigenvalue weighted by Gasteiger charge is -2.12. The summed E-state index contributed by atoms with van der Waals surface area (Å²) < 4.78 is 33.1. The molecule has 38 heavy (non-hydrogen) atoms. The van der Waals surface area contributed by atoms with Gasteiger partial charge in [-0.3, -0.25) is 4.79 Å². The fraction of sp³-hybridized carbons (Fsp3) is 0.333. The molecule has 0 fully saturated rings. The summed E-state index contributed by atoms with van der Waals surface area (Å²) in [5.74, 6) is 0.374. The summed E-state index contributed by atoms with van der Waals surface area (Å²) >= 11 is 1.54. The summed E-state index contributed by atoms with van der Waals surface area (Å²) in [4.78, 5) is 12.9. The van der Waals surface area contributed by atoms with Crippen molar-refractivity contribution in [2.24, 2.45) is 4.40 Å². The van der Waals surface area contributed by atoms with Crippen molar-refractivity contribution in [2.75, 3.05) is 6.61 Å². The van der Waals surface area contributed by atoms with Crippen molar-refractivity contribution in [1.82, 2.24) is 0 Å². The van der Waals surface area contributed by atoms with Crippen LogP contribution in [0.2, 0.25) is 0 Å². The predicted octanol–water partition coefficient (Wildman–Crippen LogP) is 7.75. The van der Waals surface area contributed by atoms with Crippen molar-refractivity contribution >= 4 is 45.5 Å². The molecular weight excluding hydrogens is 518 g/mol. The fourth-order valence-corrected chi connectivity index (χ4v) is 4.94. The molecule has 6 nitrogen and oxygen atoms in total. The average molecular weight is 554 g/mol. The first-order valence-electron chi connectivity index (χ1n) is 12.7. The Labute approximate surface area is 231 Å². The Morgan fingerprint density at radius 1 is 1.13 bits per heavy atom. The van der Waals surface area contributed by atoms with E-state index in [9.17, 15) is 9.00 Å². The number of rotatable bonds is 9. The SMILES string of the molecule is CC.CCOC(=O)Cc1ccccc1OCc1cc(-c2csc(/C=N/S(=O)C(C)(C)C)c2)c2occc2c1. The lowest BCUT2D eigenvalue weighted by molar-refractivity contribution is -0.142. The van der Waals surface area contributed by atoms with Crippen LogP contribution in [0.1, 0.15) is 57.5 Å². The van der Waals surface area contributed by atoms with E-state index in [-0.39, 0.29) is 12.4 Å². The van der Waals surface area contributed by atoms with E-state index < -0.39 is 15.7 Å². The van der Waals surface area contributed by atoms with Gasteiger partial charge in [-0.1, -0.05) is 32.0 Å². The molecule has 0 aliphatic heterocycles. The van der Waals surface area contributed by atoms with Crippen molar-refractivity contribution < 1.29 is 22.9 Å². The largest absolute Gasteiger partial charge is 0.489 e. The molecule has 2 heterocycles. The molecule has 0 saturated carbocycles. The van der Waals surface area contributed by atoms with Crippen LogP contribution in [0.25, 0.3) is 22.1 Å². The number of benzene rings is 2. The number of thiophene rings is 1. The Morgan fingerprint density at radius 3 is 2.63 bits per heavy atom. The van der Waals surface area contributed by atoms with Crippen LogP contribution in [0.5, 0.6) is 5.75 Å². The number of para-hydroxylation sites is 1. The molecule has 0 radical (unpaired) electrons. The van der Waals surface area contributed by atoms with Crippen molar-refractivity contribution in [3.8, 4) is 16.9 Å². The summed E-state index contributed by atoms with van der Waals surface area (Å²) in [5, 5.41) is 3.01. The zero-order valence-electron chi connectivity index (χ0n) is 22.8. The summed E-state index contributed by atoms with van der Waals surface area (Å²) in [7, 11) is -1.31. The average Bonchev–Trinajstić information content (AvgIpc) is 3.57. The lowest BCUT2D eigenvalue weighted by Crippen LogP contribution is -2.19. The molecule has 0 bridgehead atoms. The van der Waals surface area contributed by atoms with Gasteiger partial charge in [-0.2, -0.15) is 4.40 Å². The molecule has 0 spiro atoms. The van der Waals surface area contributed by atoms with Gasteiger partial charge in [-0.25, -0.2) is 4.21 Å². The monoisotopic (exact) mass is 553 g/mol. The minimum atomic E-state index is -1.31. The van der Waals surface area contributed by atoms with Crippen LogP contribution in [0.3, 0.4) is 0 Å². The van der Waals surface area contributed by atoms with Gasteiger partial charge in [-0.15, -0.1) is 11.3 Å². The van der Waals surface area contributed by atoms with Crippen molar-refractivity contribution in [3.05, 3.63) is 76.2 Å². The summed E-state index contributed by atoms with van der Waals surface area (Å²) in [6.07, 6.45) is 3.51. The number of furan rings is 1. The van der Waals surface area contributed by atoms with Crippen LogP contribution in [0.4, 0.5) is 0 Å². The first-order valence-corrected chi connectivity index (χ1v) is 14.6. The molecule has 0 saturated heterocycles. The highest BCUT2D eigenvalue weighted by Crippen LogP contribution is 2.34. The maximum atomic E-state index is 12.3. The van der Waals surface area contributed by atoms with Crippen LogP contribution < -0.4 is 4.74 Å². The lowest BCUT2D eigenvalue weighted by atomic mass is 10.0. The Hall–Kier alpha value is -3.23. The quantitative estimate of drug-likeness (QED) is 0.156. The van der Waals surface area contributed by atoms with Gasteiger partial charge in [-0.05, 0) is 74.5 Å². The second kappa shape index (κ2) is 13.5. The second-order valence-electron chi connectivity index (χ2n) is 9.19. The van der Waals surface area contributed by atoms with Gasteiger partial charge in [0.05, 0.1) is 30.3 Å². The summed E-state index contributed by atoms with van der Waals surface area (Å²) in [5.41, 5.74) is 4.49. The first kappa shape index (κ1) is 29.3. The maximum Gasteiger partial charge on any atom is 0.310 e. The molecule has 4 rings (SSSR count). The van der Waals surface area contributed by atoms with Crippen LogP contribution in [0.15, 0.2) is 69.0 Å². The molecule has 2 aromatic carbocycles. The molecule has 1 unspecified atom stereocenters. The molecule has 0 N–H and O–H groups in total. The molecule has 1 atom stereocenters. The topological polar surface area (TPSA) is 78.1 Å². The van der Waals surface area contributed by atoms with E-state index in [1.165, 1.54) is 11.3 Å². The third-order valence-corrected chi connectivity index (χ3v) is 7.56. The highest BCUT2D eigenvalue weighted by molar-refractivity contribution is 7.85. The number of carbonyl (C=O) groups is 1. The predicted molar refractivity (Wildman–Crippen MR) is 157 cm³/mol. The van der Waals surface area contributed by atoms with Crippen LogP contribution in [-0.4, -0.2) is 27.7 Å². The molecule has 8 heteroatoms. The molecule has 4 aromatic rings. The van der Waals surface area contributed by atoms with E-state index in [1.54, 1.807) is 19.4 Å². The maximum absolute atomic E-state index is 12.3.